The molecule has 0 saturated carbocycles. The molecule has 0 amide bonds. The lowest BCUT2D eigenvalue weighted by Gasteiger charge is -2.00. The van der Waals surface area contributed by atoms with E-state index in [-0.39, 0.29) is 5.69 Å². The molecule has 0 aliphatic carbocycles. The van der Waals surface area contributed by atoms with Crippen molar-refractivity contribution in [1.82, 2.24) is 14.9 Å². The van der Waals surface area contributed by atoms with E-state index < -0.39 is 4.92 Å². The molecule has 17 heavy (non-hydrogen) atoms. The second-order valence-electron chi connectivity index (χ2n) is 3.23. The predicted octanol–water partition coefficient (Wildman–Crippen LogP) is 1.19. The first kappa shape index (κ1) is 11.4. The Kier molecular flexibility index (Phi) is 3.24. The topological polar surface area (TPSA) is 99.9 Å². The average Bonchev–Trinajstić information content (AvgIpc) is 2.73. The summed E-state index contributed by atoms with van der Waals surface area (Å²) in [6.07, 6.45) is 1.41. The SMILES string of the molecule is Nn1cnnc1SCc1ccc([N+](=O)[O-])cc1. The lowest BCUT2D eigenvalue weighted by atomic mass is 10.2. The molecule has 2 aromatic rings. The zero-order chi connectivity index (χ0) is 12.3. The fourth-order valence-corrected chi connectivity index (χ4v) is 1.99. The Morgan fingerprint density at radius 1 is 1.41 bits per heavy atom. The lowest BCUT2D eigenvalue weighted by molar-refractivity contribution is -0.384. The molecule has 88 valence electrons. The first-order chi connectivity index (χ1) is 8.16. The number of aromatic nitrogens is 3. The van der Waals surface area contributed by atoms with Crippen LogP contribution >= 0.6 is 11.8 Å². The minimum atomic E-state index is -0.423. The van der Waals surface area contributed by atoms with E-state index in [4.69, 9.17) is 5.84 Å². The van der Waals surface area contributed by atoms with Gasteiger partial charge in [0.25, 0.3) is 5.69 Å². The van der Waals surface area contributed by atoms with E-state index >= 15 is 0 Å². The third-order valence-corrected chi connectivity index (χ3v) is 3.08. The summed E-state index contributed by atoms with van der Waals surface area (Å²) in [5, 5.41) is 18.5. The van der Waals surface area contributed by atoms with Gasteiger partial charge in [0, 0.05) is 17.9 Å². The van der Waals surface area contributed by atoms with Crippen LogP contribution in [0.3, 0.4) is 0 Å². The van der Waals surface area contributed by atoms with Crippen molar-refractivity contribution in [3.05, 3.63) is 46.3 Å². The van der Waals surface area contributed by atoms with Crippen molar-refractivity contribution in [2.24, 2.45) is 0 Å². The molecular weight excluding hydrogens is 242 g/mol. The number of benzene rings is 1. The first-order valence-corrected chi connectivity index (χ1v) is 5.66. The highest BCUT2D eigenvalue weighted by atomic mass is 32.2. The Balaban J connectivity index is 2.00. The lowest BCUT2D eigenvalue weighted by Crippen LogP contribution is -2.07. The second kappa shape index (κ2) is 4.83. The number of nitro groups is 1. The smallest absolute Gasteiger partial charge is 0.269 e. The summed E-state index contributed by atoms with van der Waals surface area (Å²) in [5.74, 6) is 6.18. The normalized spacial score (nSPS) is 10.4. The number of nitro benzene ring substituents is 1. The highest BCUT2D eigenvalue weighted by molar-refractivity contribution is 7.98. The van der Waals surface area contributed by atoms with Gasteiger partial charge in [0.15, 0.2) is 0 Å². The number of hydrogen-bond acceptors (Lipinski definition) is 6. The largest absolute Gasteiger partial charge is 0.336 e. The summed E-state index contributed by atoms with van der Waals surface area (Å²) in [4.78, 5) is 10.0. The van der Waals surface area contributed by atoms with Crippen molar-refractivity contribution in [2.45, 2.75) is 10.9 Å². The fraction of sp³-hybridized carbons (Fsp3) is 0.111. The maximum atomic E-state index is 10.5. The Labute approximate surface area is 101 Å². The van der Waals surface area contributed by atoms with Gasteiger partial charge in [-0.25, -0.2) is 4.68 Å². The summed E-state index contributed by atoms with van der Waals surface area (Å²) in [6.45, 7) is 0. The third kappa shape index (κ3) is 2.72. The van der Waals surface area contributed by atoms with Crippen molar-refractivity contribution in [1.29, 1.82) is 0 Å². The molecule has 0 aliphatic rings. The quantitative estimate of drug-likeness (QED) is 0.379. The van der Waals surface area contributed by atoms with Crippen molar-refractivity contribution < 1.29 is 4.92 Å². The predicted molar refractivity (Wildman–Crippen MR) is 62.8 cm³/mol. The molecule has 8 heteroatoms. The number of nitrogens with zero attached hydrogens (tertiary/aromatic N) is 4. The molecule has 0 aliphatic heterocycles. The van der Waals surface area contributed by atoms with Gasteiger partial charge in [-0.1, -0.05) is 23.9 Å². The van der Waals surface area contributed by atoms with Crippen LogP contribution in [0, 0.1) is 10.1 Å². The van der Waals surface area contributed by atoms with E-state index in [1.807, 2.05) is 0 Å². The van der Waals surface area contributed by atoms with Gasteiger partial charge < -0.3 is 5.84 Å². The molecule has 1 heterocycles. The molecule has 0 atom stereocenters. The number of nitrogen functional groups attached to an aromatic ring is 1. The Hall–Kier alpha value is -2.09. The van der Waals surface area contributed by atoms with Crippen LogP contribution in [0.5, 0.6) is 0 Å². The Morgan fingerprint density at radius 2 is 2.12 bits per heavy atom. The molecule has 7 nitrogen and oxygen atoms in total. The van der Waals surface area contributed by atoms with E-state index in [9.17, 15) is 10.1 Å². The highest BCUT2D eigenvalue weighted by Crippen LogP contribution is 2.20. The summed E-state index contributed by atoms with van der Waals surface area (Å²) >= 11 is 1.42. The van der Waals surface area contributed by atoms with Crippen LogP contribution in [0.4, 0.5) is 5.69 Å². The van der Waals surface area contributed by atoms with Gasteiger partial charge >= 0.3 is 0 Å². The zero-order valence-corrected chi connectivity index (χ0v) is 9.50. The molecule has 0 saturated heterocycles. The molecule has 0 fully saturated rings. The first-order valence-electron chi connectivity index (χ1n) is 4.68. The van der Waals surface area contributed by atoms with Gasteiger partial charge in [-0.2, -0.15) is 0 Å². The summed E-state index contributed by atoms with van der Waals surface area (Å²) < 4.78 is 1.33. The van der Waals surface area contributed by atoms with Crippen LogP contribution in [0.15, 0.2) is 35.7 Å². The third-order valence-electron chi connectivity index (χ3n) is 2.06. The van der Waals surface area contributed by atoms with E-state index in [0.717, 1.165) is 5.56 Å². The number of rotatable bonds is 4. The summed E-state index contributed by atoms with van der Waals surface area (Å²) in [5.41, 5.74) is 1.05. The van der Waals surface area contributed by atoms with Gasteiger partial charge in [-0.05, 0) is 5.56 Å². The van der Waals surface area contributed by atoms with Crippen molar-refractivity contribution in [2.75, 3.05) is 5.84 Å². The van der Waals surface area contributed by atoms with E-state index in [1.165, 1.54) is 34.9 Å². The van der Waals surface area contributed by atoms with Gasteiger partial charge in [-0.15, -0.1) is 10.2 Å². The van der Waals surface area contributed by atoms with Crippen molar-refractivity contribution in [3.63, 3.8) is 0 Å². The van der Waals surface area contributed by atoms with Crippen molar-refractivity contribution in [3.8, 4) is 0 Å². The Bertz CT molecular complexity index is 524. The fourth-order valence-electron chi connectivity index (χ4n) is 1.20. The van der Waals surface area contributed by atoms with Gasteiger partial charge in [0.1, 0.15) is 6.33 Å². The Morgan fingerprint density at radius 3 is 2.65 bits per heavy atom. The van der Waals surface area contributed by atoms with Gasteiger partial charge in [0.2, 0.25) is 5.16 Å². The standard InChI is InChI=1S/C9H9N5O2S/c10-13-6-11-12-9(13)17-5-7-1-3-8(4-2-7)14(15)16/h1-4,6H,5,10H2. The number of nitrogens with two attached hydrogens (primary N) is 1. The molecule has 0 spiro atoms. The molecule has 2 rings (SSSR count). The van der Waals surface area contributed by atoms with Crippen LogP contribution in [-0.4, -0.2) is 19.8 Å². The second-order valence-corrected chi connectivity index (χ2v) is 4.18. The molecule has 0 unspecified atom stereocenters. The minimum absolute atomic E-state index is 0.0840. The zero-order valence-electron chi connectivity index (χ0n) is 8.68. The van der Waals surface area contributed by atoms with E-state index in [0.29, 0.717) is 10.9 Å². The summed E-state index contributed by atoms with van der Waals surface area (Å²) in [7, 11) is 0. The maximum Gasteiger partial charge on any atom is 0.269 e. The molecule has 1 aromatic carbocycles. The average molecular weight is 251 g/mol. The molecule has 0 radical (unpaired) electrons. The molecule has 1 aromatic heterocycles. The molecule has 2 N–H and O–H groups in total. The van der Waals surface area contributed by atoms with E-state index in [2.05, 4.69) is 10.2 Å². The highest BCUT2D eigenvalue weighted by Gasteiger charge is 2.06. The van der Waals surface area contributed by atoms with Crippen LogP contribution < -0.4 is 5.84 Å². The maximum absolute atomic E-state index is 10.5. The van der Waals surface area contributed by atoms with Crippen LogP contribution in [0.1, 0.15) is 5.56 Å². The van der Waals surface area contributed by atoms with Crippen LogP contribution in [0.25, 0.3) is 0 Å². The van der Waals surface area contributed by atoms with Crippen LogP contribution in [0.2, 0.25) is 0 Å². The monoisotopic (exact) mass is 251 g/mol. The number of thioether (sulfide) groups is 1. The number of hydrogen-bond donors (Lipinski definition) is 1. The number of non-ortho nitro benzene ring substituents is 1. The molecular formula is C9H9N5O2S. The van der Waals surface area contributed by atoms with Crippen LogP contribution in [-0.2, 0) is 5.75 Å². The van der Waals surface area contributed by atoms with E-state index in [1.54, 1.807) is 12.1 Å². The van der Waals surface area contributed by atoms with Gasteiger partial charge in [0.05, 0.1) is 4.92 Å². The minimum Gasteiger partial charge on any atom is -0.336 e. The molecule has 0 bridgehead atoms. The van der Waals surface area contributed by atoms with Crippen molar-refractivity contribution >= 4 is 17.4 Å². The van der Waals surface area contributed by atoms with Gasteiger partial charge in [-0.3, -0.25) is 10.1 Å². The summed E-state index contributed by atoms with van der Waals surface area (Å²) in [6, 6.07) is 6.37.